The number of anilines is 3. The van der Waals surface area contributed by atoms with E-state index in [0.29, 0.717) is 41.5 Å². The van der Waals surface area contributed by atoms with Crippen molar-refractivity contribution in [3.8, 4) is 11.3 Å². The predicted molar refractivity (Wildman–Crippen MR) is 160 cm³/mol. The molecule has 3 aromatic rings. The molecule has 3 aromatic heterocycles. The van der Waals surface area contributed by atoms with E-state index < -0.39 is 5.97 Å². The smallest absolute Gasteiger partial charge is 0.339 e. The maximum atomic E-state index is 12.1. The van der Waals surface area contributed by atoms with E-state index in [1.54, 1.807) is 13.0 Å². The molecule has 2 saturated heterocycles. The van der Waals surface area contributed by atoms with Gasteiger partial charge in [-0.05, 0) is 57.7 Å². The van der Waals surface area contributed by atoms with E-state index in [9.17, 15) is 4.79 Å². The molecule has 0 bridgehead atoms. The van der Waals surface area contributed by atoms with Gasteiger partial charge in [0.05, 0.1) is 22.9 Å². The van der Waals surface area contributed by atoms with E-state index in [-0.39, 0.29) is 6.04 Å². The third-order valence-corrected chi connectivity index (χ3v) is 8.01. The summed E-state index contributed by atoms with van der Waals surface area (Å²) in [6.07, 6.45) is 5.70. The van der Waals surface area contributed by atoms with Crippen LogP contribution in [0.3, 0.4) is 0 Å². The normalized spacial score (nSPS) is 19.4. The molecule has 0 spiro atoms. The van der Waals surface area contributed by atoms with E-state index in [0.717, 1.165) is 61.2 Å². The third kappa shape index (κ3) is 5.84. The molecule has 2 atom stereocenters. The Bertz CT molecular complexity index is 1370. The summed E-state index contributed by atoms with van der Waals surface area (Å²) in [5.74, 6) is 2.30. The van der Waals surface area contributed by atoms with Gasteiger partial charge in [-0.2, -0.15) is 4.98 Å². The van der Waals surface area contributed by atoms with Crippen LogP contribution < -0.4 is 14.7 Å². The molecule has 2 aliphatic rings. The fourth-order valence-electron chi connectivity index (χ4n) is 5.48. The molecule has 40 heavy (non-hydrogen) atoms. The van der Waals surface area contributed by atoms with Crippen LogP contribution in [-0.4, -0.2) is 70.8 Å². The molecule has 0 saturated carbocycles. The molecule has 1 unspecified atom stereocenters. The number of halogens is 1. The minimum absolute atomic E-state index is 0.145. The Hall–Kier alpha value is -3.46. The van der Waals surface area contributed by atoms with E-state index >= 15 is 0 Å². The van der Waals surface area contributed by atoms with Gasteiger partial charge in [-0.3, -0.25) is 4.98 Å². The molecule has 2 fully saturated rings. The third-order valence-electron chi connectivity index (χ3n) is 7.73. The second-order valence-electron chi connectivity index (χ2n) is 11.0. The number of hydrogen-bond acceptors (Lipinski definition) is 9. The molecule has 2 aliphatic heterocycles. The standard InChI is InChI=1S/C30H38ClN7O2/c1-6-40-29(39)23-14-24(31)28(33-17-23)36-12-13-37(21(5)18-36)27-16-26(22-9-10-32-25(15-22)19(2)3)34-30(35-27)38-11-7-8-20(38)4/h9-10,14-17,19-21H,6-8,11-13,18H2,1-5H3/t20?,21-/m1/s1. The van der Waals surface area contributed by atoms with Crippen LogP contribution in [0.5, 0.6) is 0 Å². The quantitative estimate of drug-likeness (QED) is 0.341. The predicted octanol–water partition coefficient (Wildman–Crippen LogP) is 5.59. The highest BCUT2D eigenvalue weighted by molar-refractivity contribution is 6.33. The molecular weight excluding hydrogens is 526 g/mol. The maximum Gasteiger partial charge on any atom is 0.339 e. The number of esters is 1. The summed E-state index contributed by atoms with van der Waals surface area (Å²) in [5, 5.41) is 0.444. The SMILES string of the molecule is CCOC(=O)c1cnc(N2CCN(c3cc(-c4ccnc(C(C)C)c4)nc(N4CCCC4C)n3)[C@H](C)C2)c(Cl)c1. The van der Waals surface area contributed by atoms with Gasteiger partial charge in [-0.25, -0.2) is 14.8 Å². The molecular formula is C30H38ClN7O2. The van der Waals surface area contributed by atoms with Crippen LogP contribution >= 0.6 is 11.6 Å². The van der Waals surface area contributed by atoms with Crippen LogP contribution in [0, 0.1) is 0 Å². The van der Waals surface area contributed by atoms with E-state index in [2.05, 4.69) is 64.5 Å². The van der Waals surface area contributed by atoms with Gasteiger partial charge in [0.25, 0.3) is 0 Å². The Kier molecular flexibility index (Phi) is 8.40. The molecule has 0 aromatic carbocycles. The zero-order valence-electron chi connectivity index (χ0n) is 24.0. The first-order valence-corrected chi connectivity index (χ1v) is 14.6. The molecule has 10 heteroatoms. The Labute approximate surface area is 241 Å². The summed E-state index contributed by atoms with van der Waals surface area (Å²) in [5.41, 5.74) is 3.38. The number of ether oxygens (including phenoxy) is 1. The summed E-state index contributed by atoms with van der Waals surface area (Å²) in [7, 11) is 0. The van der Waals surface area contributed by atoms with Gasteiger partial charge in [0.15, 0.2) is 0 Å². The molecule has 5 rings (SSSR count). The minimum atomic E-state index is -0.418. The van der Waals surface area contributed by atoms with Gasteiger partial charge >= 0.3 is 5.97 Å². The lowest BCUT2D eigenvalue weighted by molar-refractivity contribution is 0.0526. The van der Waals surface area contributed by atoms with Crippen LogP contribution in [-0.2, 0) is 4.74 Å². The topological polar surface area (TPSA) is 87.6 Å². The first-order valence-electron chi connectivity index (χ1n) is 14.2. The van der Waals surface area contributed by atoms with E-state index in [1.165, 1.54) is 6.20 Å². The first-order chi connectivity index (χ1) is 19.2. The number of carbonyl (C=O) groups excluding carboxylic acids is 1. The number of pyridine rings is 2. The Morgan fingerprint density at radius 2 is 1.90 bits per heavy atom. The summed E-state index contributed by atoms with van der Waals surface area (Å²) < 4.78 is 5.08. The van der Waals surface area contributed by atoms with Gasteiger partial charge in [0.1, 0.15) is 11.6 Å². The number of carbonyl (C=O) groups is 1. The van der Waals surface area contributed by atoms with Crippen LogP contribution in [0.1, 0.15) is 69.4 Å². The van der Waals surface area contributed by atoms with Crippen molar-refractivity contribution in [1.82, 2.24) is 19.9 Å². The molecule has 0 amide bonds. The summed E-state index contributed by atoms with van der Waals surface area (Å²) >= 11 is 6.58. The van der Waals surface area contributed by atoms with Gasteiger partial charge in [0.2, 0.25) is 5.95 Å². The van der Waals surface area contributed by atoms with E-state index in [1.807, 2.05) is 12.3 Å². The zero-order chi connectivity index (χ0) is 28.4. The minimum Gasteiger partial charge on any atom is -0.462 e. The molecule has 5 heterocycles. The molecule has 0 N–H and O–H groups in total. The zero-order valence-corrected chi connectivity index (χ0v) is 24.7. The Morgan fingerprint density at radius 3 is 2.58 bits per heavy atom. The van der Waals surface area contributed by atoms with Crippen LogP contribution in [0.25, 0.3) is 11.3 Å². The highest BCUT2D eigenvalue weighted by atomic mass is 35.5. The molecule has 9 nitrogen and oxygen atoms in total. The molecule has 0 aliphatic carbocycles. The number of aromatic nitrogens is 4. The average Bonchev–Trinajstić information content (AvgIpc) is 3.38. The van der Waals surface area contributed by atoms with Crippen molar-refractivity contribution in [2.45, 2.75) is 65.5 Å². The lowest BCUT2D eigenvalue weighted by atomic mass is 10.1. The molecule has 212 valence electrons. The maximum absolute atomic E-state index is 12.1. The van der Waals surface area contributed by atoms with Crippen molar-refractivity contribution < 1.29 is 9.53 Å². The lowest BCUT2D eigenvalue weighted by Gasteiger charge is -2.41. The van der Waals surface area contributed by atoms with Crippen molar-refractivity contribution in [3.63, 3.8) is 0 Å². The number of rotatable bonds is 7. The summed E-state index contributed by atoms with van der Waals surface area (Å²) in [6, 6.07) is 8.47. The monoisotopic (exact) mass is 563 g/mol. The largest absolute Gasteiger partial charge is 0.462 e. The van der Waals surface area contributed by atoms with Crippen molar-refractivity contribution in [1.29, 1.82) is 0 Å². The van der Waals surface area contributed by atoms with Gasteiger partial charge in [-0.1, -0.05) is 25.4 Å². The number of nitrogens with zero attached hydrogens (tertiary/aromatic N) is 7. The van der Waals surface area contributed by atoms with Gasteiger partial charge < -0.3 is 19.4 Å². The summed E-state index contributed by atoms with van der Waals surface area (Å²) in [6.45, 7) is 14.0. The summed E-state index contributed by atoms with van der Waals surface area (Å²) in [4.78, 5) is 38.2. The van der Waals surface area contributed by atoms with Gasteiger partial charge in [-0.15, -0.1) is 0 Å². The lowest BCUT2D eigenvalue weighted by Crippen LogP contribution is -2.52. The Morgan fingerprint density at radius 1 is 1.07 bits per heavy atom. The van der Waals surface area contributed by atoms with E-state index in [4.69, 9.17) is 26.3 Å². The number of hydrogen-bond donors (Lipinski definition) is 0. The van der Waals surface area contributed by atoms with Crippen molar-refractivity contribution >= 4 is 35.2 Å². The van der Waals surface area contributed by atoms with Gasteiger partial charge in [0, 0.05) is 68.0 Å². The average molecular weight is 564 g/mol. The fraction of sp³-hybridized carbons (Fsp3) is 0.500. The van der Waals surface area contributed by atoms with Crippen LogP contribution in [0.2, 0.25) is 5.02 Å². The highest BCUT2D eigenvalue weighted by Crippen LogP contribution is 2.32. The van der Waals surface area contributed by atoms with Crippen molar-refractivity contribution in [2.24, 2.45) is 0 Å². The second-order valence-corrected chi connectivity index (χ2v) is 11.4. The highest BCUT2D eigenvalue weighted by Gasteiger charge is 2.30. The molecule has 0 radical (unpaired) electrons. The van der Waals surface area contributed by atoms with Crippen molar-refractivity contribution in [3.05, 3.63) is 52.9 Å². The fourth-order valence-corrected chi connectivity index (χ4v) is 5.76. The Balaban J connectivity index is 1.43. The van der Waals surface area contributed by atoms with Crippen LogP contribution in [0.4, 0.5) is 17.6 Å². The number of piperazine rings is 1. The second kappa shape index (κ2) is 12.0. The van der Waals surface area contributed by atoms with Crippen LogP contribution in [0.15, 0.2) is 36.7 Å². The first kappa shape index (κ1) is 28.1. The van der Waals surface area contributed by atoms with Crippen molar-refractivity contribution in [2.75, 3.05) is 47.5 Å².